The summed E-state index contributed by atoms with van der Waals surface area (Å²) < 4.78 is 83.5. The molecule has 0 unspecified atom stereocenters. The minimum Gasteiger partial charge on any atom is -0.493 e. The van der Waals surface area contributed by atoms with Crippen molar-refractivity contribution in [3.8, 4) is 34.5 Å². The number of rotatable bonds is 22. The number of amides is 2. The van der Waals surface area contributed by atoms with Crippen molar-refractivity contribution in [2.75, 3.05) is 88.5 Å². The van der Waals surface area contributed by atoms with E-state index in [1.165, 1.54) is 57.9 Å². The van der Waals surface area contributed by atoms with Crippen molar-refractivity contribution in [3.63, 3.8) is 0 Å². The second-order valence-corrected chi connectivity index (χ2v) is 37.9. The Morgan fingerprint density at radius 3 is 1.40 bits per heavy atom. The molecule has 4 aromatic heterocycles. The largest absolute Gasteiger partial charge is 0.493 e. The number of ether oxygens (including phenoxy) is 4. The van der Waals surface area contributed by atoms with Crippen LogP contribution in [-0.4, -0.2) is 147 Å². The molecule has 4 N–H and O–H groups in total. The summed E-state index contributed by atoms with van der Waals surface area (Å²) in [4.78, 5) is 74.3. The zero-order chi connectivity index (χ0) is 83.8. The van der Waals surface area contributed by atoms with Gasteiger partial charge in [0.15, 0.2) is 0 Å². The normalized spacial score (nSPS) is 18.3. The third kappa shape index (κ3) is 19.1. The number of nitrogens with one attached hydrogen (secondary N) is 4. The molecule has 6 aliphatic rings. The molecule has 622 valence electrons. The maximum Gasteiger partial charge on any atom is 0.277 e. The van der Waals surface area contributed by atoms with Gasteiger partial charge in [0.25, 0.3) is 43.2 Å². The number of aromatic nitrogens is 4. The van der Waals surface area contributed by atoms with E-state index in [1.807, 2.05) is 57.2 Å². The van der Waals surface area contributed by atoms with Gasteiger partial charge in [-0.3, -0.25) is 39.6 Å². The Balaban J connectivity index is 0.000000186. The molecule has 8 heterocycles. The topological polar surface area (TPSA) is 320 Å². The second kappa shape index (κ2) is 34.5. The Hall–Kier alpha value is -10.9. The van der Waals surface area contributed by atoms with Crippen LogP contribution in [0.25, 0.3) is 33.2 Å². The fraction of sp³-hybridized carbons (Fsp3) is 0.371. The summed E-state index contributed by atoms with van der Waals surface area (Å²) in [5.41, 5.74) is 11.5. The van der Waals surface area contributed by atoms with E-state index in [9.17, 15) is 46.7 Å². The van der Waals surface area contributed by atoms with Gasteiger partial charge in [-0.25, -0.2) is 36.2 Å². The Kier molecular flexibility index (Phi) is 24.1. The Morgan fingerprint density at radius 1 is 0.571 bits per heavy atom. The second-order valence-electron chi connectivity index (χ2n) is 33.7. The van der Waals surface area contributed by atoms with E-state index in [4.69, 9.17) is 42.1 Å². The predicted octanol–water partition coefficient (Wildman–Crippen LogP) is 17.8. The van der Waals surface area contributed by atoms with Crippen LogP contribution in [0.5, 0.6) is 34.5 Å². The first-order valence-corrected chi connectivity index (χ1v) is 44.0. The van der Waals surface area contributed by atoms with Crippen LogP contribution in [-0.2, 0) is 32.9 Å². The van der Waals surface area contributed by atoms with E-state index in [0.29, 0.717) is 60.0 Å². The van der Waals surface area contributed by atoms with E-state index >= 15 is 0 Å². The number of aromatic amines is 2. The van der Waals surface area contributed by atoms with Gasteiger partial charge in [0, 0.05) is 146 Å². The van der Waals surface area contributed by atoms with Crippen molar-refractivity contribution in [2.45, 2.75) is 116 Å². The lowest BCUT2D eigenvalue weighted by molar-refractivity contribution is -0.386. The number of carbonyl (C=O) groups excluding carboxylic acids is 2. The third-order valence-electron chi connectivity index (χ3n) is 23.9. The van der Waals surface area contributed by atoms with Crippen LogP contribution in [0.3, 0.4) is 0 Å². The number of nitro groups is 2. The number of H-pyrrole nitrogens is 2. The lowest BCUT2D eigenvalue weighted by atomic mass is 9.72. The van der Waals surface area contributed by atoms with Crippen LogP contribution >= 0.6 is 23.2 Å². The summed E-state index contributed by atoms with van der Waals surface area (Å²) in [6.07, 6.45) is 14.5. The molecule has 0 bridgehead atoms. The minimum absolute atomic E-state index is 0.0396. The number of benzene rings is 6. The van der Waals surface area contributed by atoms with Gasteiger partial charge in [0.1, 0.15) is 45.8 Å². The van der Waals surface area contributed by atoms with Crippen molar-refractivity contribution in [1.82, 2.24) is 39.2 Å². The first-order valence-electron chi connectivity index (χ1n) is 40.3. The number of sulfonamides is 2. The standard InChI is InChI=1S/C45H49ClN6O7S.C44H47ClN6O7S/c1-28(2)32-20-38-40(52(54)55)22-36(23-41(38)58-27-32)60(56,57)49-44(53)37-10-9-34(21-42(37)59-35-19-30-12-14-47-43(30)48-25-35)51-17-15-50(16-18-51)26-31-11-13-45(3,4)24-39(31)29-5-7-33(46)8-6-29;1-4-28-19-37-39(51(53)54)22-35(23-40(37)57-27-28)59(55,56)48-43(52)36-10-9-33(21-41(36)58-34-20-30-12-14-46-42(30)47-25-34)50-17-15-49(16-18-50)26-31-11-13-44(2,3)24-38(31)29-5-7-32(45)8-6-29/h5-10,12,14,19,21-23,25,28,32H,11,13,15-18,20,24,26-27H2,1-4H3,(H,47,48)(H,49,53);5-10,12,14,20-23,25,28H,4,11,13,15-19,24,26-27H2,1-3H3,(H,46,47)(H,48,52)/t32-;28-/m00/s1. The zero-order valence-corrected chi connectivity index (χ0v) is 70.6. The van der Waals surface area contributed by atoms with Crippen LogP contribution in [0, 0.1) is 48.8 Å². The van der Waals surface area contributed by atoms with Crippen LogP contribution in [0.1, 0.15) is 136 Å². The number of piperazine rings is 2. The van der Waals surface area contributed by atoms with E-state index in [-0.39, 0.29) is 74.1 Å². The summed E-state index contributed by atoms with van der Waals surface area (Å²) in [5.74, 6) is -0.397. The average Bonchev–Trinajstić information content (AvgIpc) is 1.16. The van der Waals surface area contributed by atoms with Gasteiger partial charge >= 0.3 is 0 Å². The number of fused-ring (bicyclic) bond motifs is 4. The lowest BCUT2D eigenvalue weighted by Gasteiger charge is -2.39. The van der Waals surface area contributed by atoms with Crippen LogP contribution in [0.2, 0.25) is 10.0 Å². The Bertz CT molecular complexity index is 5880. The molecule has 119 heavy (non-hydrogen) atoms. The SMILES string of the molecule is CC(C)[C@@H]1COc2cc(S(=O)(=O)NC(=O)c3ccc(N4CCN(CC5=C(c6ccc(Cl)cc6)CC(C)(C)CC5)CC4)cc3Oc3cnc4[nH]ccc4c3)cc([N+](=O)[O-])c2C1.CC[C@@H]1COc2cc(S(=O)(=O)NC(=O)c3ccc(N4CCN(CC5=C(c6ccc(Cl)cc6)CC(C)(C)CC5)CC4)cc3Oc3cnc4[nH]ccc4c3)cc([N+](=O)[O-])c2C1. The monoisotopic (exact) mass is 1690 g/mol. The number of nitro benzene ring substituents is 2. The smallest absolute Gasteiger partial charge is 0.277 e. The summed E-state index contributed by atoms with van der Waals surface area (Å²) in [5, 5.41) is 27.3. The average molecular weight is 1690 g/mol. The molecule has 2 atom stereocenters. The highest BCUT2D eigenvalue weighted by Crippen LogP contribution is 2.47. The summed E-state index contributed by atoms with van der Waals surface area (Å²) >= 11 is 12.5. The number of anilines is 2. The number of halogens is 2. The minimum atomic E-state index is -4.60. The van der Waals surface area contributed by atoms with Crippen molar-refractivity contribution in [2.24, 2.45) is 28.6 Å². The van der Waals surface area contributed by atoms with E-state index in [2.05, 4.69) is 101 Å². The highest BCUT2D eigenvalue weighted by Gasteiger charge is 2.38. The maximum atomic E-state index is 14.0. The molecule has 6 aromatic carbocycles. The molecule has 0 spiro atoms. The molecule has 26 nitrogen and oxygen atoms in total. The molecule has 10 aromatic rings. The molecule has 2 fully saturated rings. The van der Waals surface area contributed by atoms with E-state index in [0.717, 1.165) is 155 Å². The first kappa shape index (κ1) is 83.2. The highest BCUT2D eigenvalue weighted by molar-refractivity contribution is 7.90. The molecular weight excluding hydrogens is 1600 g/mol. The van der Waals surface area contributed by atoms with E-state index < -0.39 is 51.5 Å². The number of hydrogen-bond acceptors (Lipinski definition) is 20. The number of allylic oxidation sites excluding steroid dienone is 2. The highest BCUT2D eigenvalue weighted by atomic mass is 35.5. The quantitative estimate of drug-likeness (QED) is 0.0362. The molecule has 16 rings (SSSR count). The van der Waals surface area contributed by atoms with Gasteiger partial charge in [0.05, 0.1) is 67.5 Å². The fourth-order valence-corrected chi connectivity index (χ4v) is 19.0. The number of pyridine rings is 2. The zero-order valence-electron chi connectivity index (χ0n) is 67.5. The Morgan fingerprint density at radius 2 is 0.992 bits per heavy atom. The van der Waals surface area contributed by atoms with Gasteiger partial charge < -0.3 is 38.7 Å². The van der Waals surface area contributed by atoms with Gasteiger partial charge in [-0.05, 0) is 181 Å². The molecule has 2 aliphatic carbocycles. The first-order chi connectivity index (χ1) is 56.9. The predicted molar refractivity (Wildman–Crippen MR) is 461 cm³/mol. The van der Waals surface area contributed by atoms with Crippen LogP contribution in [0.4, 0.5) is 22.7 Å². The maximum absolute atomic E-state index is 14.0. The van der Waals surface area contributed by atoms with Crippen molar-refractivity contribution in [3.05, 3.63) is 233 Å². The molecule has 30 heteroatoms. The van der Waals surface area contributed by atoms with Gasteiger partial charge in [-0.2, -0.15) is 0 Å². The molecular formula is C89H96Cl2N12O14S2. The molecule has 4 aliphatic heterocycles. The number of carbonyl (C=O) groups is 2. The van der Waals surface area contributed by atoms with Crippen molar-refractivity contribution < 1.29 is 55.2 Å². The molecule has 2 amide bonds. The Labute approximate surface area is 701 Å². The molecule has 0 saturated carbocycles. The van der Waals surface area contributed by atoms with Crippen LogP contribution in [0.15, 0.2) is 179 Å². The fourth-order valence-electron chi connectivity index (χ4n) is 16.7. The third-order valence-corrected chi connectivity index (χ3v) is 27.0. The molecule has 0 radical (unpaired) electrons. The van der Waals surface area contributed by atoms with Crippen molar-refractivity contribution in [1.29, 1.82) is 0 Å². The van der Waals surface area contributed by atoms with Crippen LogP contribution < -0.4 is 38.2 Å². The summed E-state index contributed by atoms with van der Waals surface area (Å²) in [7, 11) is -9.19. The van der Waals surface area contributed by atoms with E-state index in [1.54, 1.807) is 60.9 Å². The summed E-state index contributed by atoms with van der Waals surface area (Å²) in [6, 6.07) is 38.2. The van der Waals surface area contributed by atoms with Gasteiger partial charge in [0.2, 0.25) is 0 Å². The number of hydrogen-bond donors (Lipinski definition) is 4. The van der Waals surface area contributed by atoms with Gasteiger partial charge in [-0.15, -0.1) is 0 Å². The summed E-state index contributed by atoms with van der Waals surface area (Å²) in [6.45, 7) is 23.9. The van der Waals surface area contributed by atoms with Crippen molar-refractivity contribution >= 4 is 111 Å². The van der Waals surface area contributed by atoms with Gasteiger partial charge in [-0.1, -0.05) is 107 Å². The lowest BCUT2D eigenvalue weighted by Crippen LogP contribution is -2.47. The molecule has 2 saturated heterocycles. The number of nitrogens with zero attached hydrogens (tertiary/aromatic N) is 8.